The summed E-state index contributed by atoms with van der Waals surface area (Å²) < 4.78 is 5.23. The van der Waals surface area contributed by atoms with E-state index in [1.165, 1.54) is 0 Å². The van der Waals surface area contributed by atoms with Crippen LogP contribution in [0.15, 0.2) is 22.7 Å². The van der Waals surface area contributed by atoms with Crippen LogP contribution in [0, 0.1) is 6.92 Å². The zero-order valence-electron chi connectivity index (χ0n) is 12.1. The van der Waals surface area contributed by atoms with Gasteiger partial charge in [-0.15, -0.1) is 0 Å². The maximum absolute atomic E-state index is 12.6. The van der Waals surface area contributed by atoms with Crippen molar-refractivity contribution in [2.45, 2.75) is 25.7 Å². The molecule has 3 rings (SSSR count). The molecule has 1 fully saturated rings. The number of hydrogen-bond acceptors (Lipinski definition) is 4. The zero-order chi connectivity index (χ0) is 15.7. The summed E-state index contributed by atoms with van der Waals surface area (Å²) in [5.74, 6) is 1.21. The lowest BCUT2D eigenvalue weighted by Crippen LogP contribution is -2.39. The van der Waals surface area contributed by atoms with Crippen LogP contribution in [-0.4, -0.2) is 34.0 Å². The molecule has 0 N–H and O–H groups in total. The van der Waals surface area contributed by atoms with E-state index in [0.717, 1.165) is 12.8 Å². The van der Waals surface area contributed by atoms with Gasteiger partial charge in [0.25, 0.3) is 5.91 Å². The van der Waals surface area contributed by atoms with Gasteiger partial charge in [0.05, 0.1) is 5.92 Å². The van der Waals surface area contributed by atoms with E-state index in [9.17, 15) is 4.79 Å². The molecule has 1 aromatic carbocycles. The molecule has 116 valence electrons. The number of aryl methyl sites for hydroxylation is 1. The van der Waals surface area contributed by atoms with Crippen molar-refractivity contribution in [3.8, 4) is 0 Å². The second kappa shape index (κ2) is 6.26. The third kappa shape index (κ3) is 3.25. The van der Waals surface area contributed by atoms with Gasteiger partial charge in [-0.2, -0.15) is 4.98 Å². The van der Waals surface area contributed by atoms with Gasteiger partial charge in [0, 0.05) is 28.7 Å². The van der Waals surface area contributed by atoms with Crippen LogP contribution in [0.1, 0.15) is 40.8 Å². The summed E-state index contributed by atoms with van der Waals surface area (Å²) in [4.78, 5) is 18.7. The maximum atomic E-state index is 12.6. The number of nitrogens with zero attached hydrogens (tertiary/aromatic N) is 3. The Bertz CT molecular complexity index is 682. The number of piperidine rings is 1. The Balaban J connectivity index is 1.77. The van der Waals surface area contributed by atoms with Gasteiger partial charge >= 0.3 is 0 Å². The normalized spacial score (nSPS) is 18.5. The van der Waals surface area contributed by atoms with E-state index in [4.69, 9.17) is 27.7 Å². The van der Waals surface area contributed by atoms with E-state index >= 15 is 0 Å². The molecule has 5 nitrogen and oxygen atoms in total. The van der Waals surface area contributed by atoms with Crippen molar-refractivity contribution in [1.82, 2.24) is 15.0 Å². The molecule has 2 aromatic rings. The van der Waals surface area contributed by atoms with Gasteiger partial charge in [-0.05, 0) is 38.0 Å². The van der Waals surface area contributed by atoms with E-state index in [-0.39, 0.29) is 11.8 Å². The number of amides is 1. The number of benzene rings is 1. The van der Waals surface area contributed by atoms with Crippen LogP contribution in [0.2, 0.25) is 10.0 Å². The van der Waals surface area contributed by atoms with Gasteiger partial charge < -0.3 is 9.42 Å². The lowest BCUT2D eigenvalue weighted by atomic mass is 9.97. The van der Waals surface area contributed by atoms with Crippen LogP contribution in [0.3, 0.4) is 0 Å². The maximum Gasteiger partial charge on any atom is 0.253 e. The number of hydrogen-bond donors (Lipinski definition) is 0. The number of likely N-dealkylation sites (tertiary alicyclic amines) is 1. The smallest absolute Gasteiger partial charge is 0.253 e. The number of rotatable bonds is 2. The van der Waals surface area contributed by atoms with Crippen molar-refractivity contribution in [1.29, 1.82) is 0 Å². The quantitative estimate of drug-likeness (QED) is 0.836. The van der Waals surface area contributed by atoms with Crippen LogP contribution < -0.4 is 0 Å². The second-order valence-electron chi connectivity index (χ2n) is 5.43. The van der Waals surface area contributed by atoms with E-state index < -0.39 is 0 Å². The predicted octanol–water partition coefficient (Wildman–Crippen LogP) is 3.70. The standard InChI is InChI=1S/C15H15Cl2N3O2/c1-9-18-14(22-19-9)10-3-2-4-20(8-10)15(21)11-5-12(16)7-13(17)6-11/h5-7,10H,2-4,8H2,1H3/t10-/m1/s1. The van der Waals surface area contributed by atoms with Gasteiger partial charge in [-0.1, -0.05) is 28.4 Å². The number of carbonyl (C=O) groups excluding carboxylic acids is 1. The van der Waals surface area contributed by atoms with Crippen molar-refractivity contribution >= 4 is 29.1 Å². The third-order valence-electron chi connectivity index (χ3n) is 3.71. The molecule has 0 spiro atoms. The minimum atomic E-state index is -0.0784. The van der Waals surface area contributed by atoms with Gasteiger partial charge in [0.2, 0.25) is 5.89 Å². The molecule has 0 unspecified atom stereocenters. The molecule has 1 atom stereocenters. The summed E-state index contributed by atoms with van der Waals surface area (Å²) in [5.41, 5.74) is 0.500. The summed E-state index contributed by atoms with van der Waals surface area (Å²) in [7, 11) is 0. The fraction of sp³-hybridized carbons (Fsp3) is 0.400. The van der Waals surface area contributed by atoms with Gasteiger partial charge in [0.1, 0.15) is 0 Å². The van der Waals surface area contributed by atoms with Crippen molar-refractivity contribution in [3.63, 3.8) is 0 Å². The largest absolute Gasteiger partial charge is 0.339 e. The van der Waals surface area contributed by atoms with E-state index in [0.29, 0.717) is 40.4 Å². The molecule has 0 bridgehead atoms. The third-order valence-corrected chi connectivity index (χ3v) is 4.15. The topological polar surface area (TPSA) is 59.2 Å². The van der Waals surface area contributed by atoms with Crippen molar-refractivity contribution < 1.29 is 9.32 Å². The molecule has 7 heteroatoms. The van der Waals surface area contributed by atoms with Crippen molar-refractivity contribution in [3.05, 3.63) is 45.5 Å². The summed E-state index contributed by atoms with van der Waals surface area (Å²) in [6.45, 7) is 3.05. The monoisotopic (exact) mass is 339 g/mol. The first-order chi connectivity index (χ1) is 10.5. The average Bonchev–Trinajstić information content (AvgIpc) is 2.92. The van der Waals surface area contributed by atoms with Crippen LogP contribution in [0.25, 0.3) is 0 Å². The Morgan fingerprint density at radius 3 is 2.68 bits per heavy atom. The molecule has 1 aliphatic rings. The van der Waals surface area contributed by atoms with Crippen molar-refractivity contribution in [2.75, 3.05) is 13.1 Å². The van der Waals surface area contributed by atoms with E-state index in [1.807, 2.05) is 0 Å². The lowest BCUT2D eigenvalue weighted by molar-refractivity contribution is 0.0695. The Kier molecular flexibility index (Phi) is 4.36. The van der Waals surface area contributed by atoms with Crippen molar-refractivity contribution in [2.24, 2.45) is 0 Å². The molecule has 0 aliphatic carbocycles. The minimum absolute atomic E-state index is 0.0774. The molecule has 0 saturated carbocycles. The van der Waals surface area contributed by atoms with Crippen LogP contribution in [0.4, 0.5) is 0 Å². The fourth-order valence-electron chi connectivity index (χ4n) is 2.70. The first kappa shape index (κ1) is 15.3. The summed E-state index contributed by atoms with van der Waals surface area (Å²) in [6, 6.07) is 4.88. The SMILES string of the molecule is Cc1noc([C@@H]2CCCN(C(=O)c3cc(Cl)cc(Cl)c3)C2)n1. The number of carbonyl (C=O) groups is 1. The highest BCUT2D eigenvalue weighted by atomic mass is 35.5. The van der Waals surface area contributed by atoms with Crippen LogP contribution >= 0.6 is 23.2 Å². The van der Waals surface area contributed by atoms with E-state index in [1.54, 1.807) is 30.0 Å². The highest BCUT2D eigenvalue weighted by Crippen LogP contribution is 2.27. The molecular formula is C15H15Cl2N3O2. The lowest BCUT2D eigenvalue weighted by Gasteiger charge is -2.31. The number of aromatic nitrogens is 2. The predicted molar refractivity (Wildman–Crippen MR) is 83.4 cm³/mol. The average molecular weight is 340 g/mol. The summed E-state index contributed by atoms with van der Waals surface area (Å²) in [5, 5.41) is 4.73. The fourth-order valence-corrected chi connectivity index (χ4v) is 3.23. The zero-order valence-corrected chi connectivity index (χ0v) is 13.6. The molecule has 1 aromatic heterocycles. The molecule has 1 saturated heterocycles. The molecule has 1 aliphatic heterocycles. The molecule has 22 heavy (non-hydrogen) atoms. The molecule has 0 radical (unpaired) electrons. The number of halogens is 2. The van der Waals surface area contributed by atoms with Gasteiger partial charge in [0.15, 0.2) is 5.82 Å². The van der Waals surface area contributed by atoms with Gasteiger partial charge in [-0.25, -0.2) is 0 Å². The Hall–Kier alpha value is -1.59. The highest BCUT2D eigenvalue weighted by Gasteiger charge is 2.29. The van der Waals surface area contributed by atoms with Crippen LogP contribution in [-0.2, 0) is 0 Å². The first-order valence-corrected chi connectivity index (χ1v) is 7.84. The molecule has 1 amide bonds. The highest BCUT2D eigenvalue weighted by molar-refractivity contribution is 6.35. The summed E-state index contributed by atoms with van der Waals surface area (Å²) >= 11 is 11.9. The van der Waals surface area contributed by atoms with Gasteiger partial charge in [-0.3, -0.25) is 4.79 Å². The molecular weight excluding hydrogens is 325 g/mol. The Morgan fingerprint density at radius 1 is 1.32 bits per heavy atom. The molecule has 2 heterocycles. The summed E-state index contributed by atoms with van der Waals surface area (Å²) in [6.07, 6.45) is 1.83. The minimum Gasteiger partial charge on any atom is -0.339 e. The second-order valence-corrected chi connectivity index (χ2v) is 6.30. The van der Waals surface area contributed by atoms with E-state index in [2.05, 4.69) is 10.1 Å². The Labute approximate surface area is 138 Å². The first-order valence-electron chi connectivity index (χ1n) is 7.08. The van der Waals surface area contributed by atoms with Crippen LogP contribution in [0.5, 0.6) is 0 Å². The Morgan fingerprint density at radius 2 is 2.05 bits per heavy atom.